The summed E-state index contributed by atoms with van der Waals surface area (Å²) in [5.74, 6) is 1.29. The highest BCUT2D eigenvalue weighted by Gasteiger charge is 2.18. The number of aromatic nitrogens is 4. The molecule has 0 fully saturated rings. The van der Waals surface area contributed by atoms with Crippen molar-refractivity contribution in [1.82, 2.24) is 20.1 Å². The molecular weight excluding hydrogens is 474 g/mol. The van der Waals surface area contributed by atoms with E-state index in [-0.39, 0.29) is 18.0 Å². The van der Waals surface area contributed by atoms with E-state index in [0.717, 1.165) is 44.7 Å². The molecule has 0 aliphatic rings. The van der Waals surface area contributed by atoms with Crippen LogP contribution in [0.2, 0.25) is 5.02 Å². The number of benzene rings is 2. The first-order valence-corrected chi connectivity index (χ1v) is 11.9. The van der Waals surface area contributed by atoms with E-state index in [2.05, 4.69) is 25.4 Å². The van der Waals surface area contributed by atoms with Gasteiger partial charge < -0.3 is 9.84 Å². The summed E-state index contributed by atoms with van der Waals surface area (Å²) in [6.45, 7) is 6.24. The molecule has 0 aliphatic heterocycles. The Balaban J connectivity index is 1.57. The van der Waals surface area contributed by atoms with Gasteiger partial charge in [0.25, 0.3) is 0 Å². The topological polar surface area (TPSA) is 93.8 Å². The molecule has 0 bridgehead atoms. The number of rotatable bonds is 7. The fourth-order valence-corrected chi connectivity index (χ4v) is 4.42. The number of hydrogen-bond acceptors (Lipinski definition) is 7. The molecule has 8 heteroatoms. The molecule has 5 rings (SSSR count). The first-order chi connectivity index (χ1) is 17.4. The molecule has 3 aromatic heterocycles. The molecule has 5 aromatic rings. The van der Waals surface area contributed by atoms with Gasteiger partial charge in [0, 0.05) is 41.3 Å². The normalized spacial score (nSPS) is 11.1. The van der Waals surface area contributed by atoms with E-state index in [4.69, 9.17) is 16.1 Å². The monoisotopic (exact) mass is 497 g/mol. The van der Waals surface area contributed by atoms with Crippen LogP contribution in [0.5, 0.6) is 0 Å². The van der Waals surface area contributed by atoms with Crippen molar-refractivity contribution in [1.29, 1.82) is 0 Å². The van der Waals surface area contributed by atoms with Gasteiger partial charge in [0.1, 0.15) is 11.6 Å². The van der Waals surface area contributed by atoms with Crippen LogP contribution in [-0.2, 0) is 13.0 Å². The molecule has 0 unspecified atom stereocenters. The first-order valence-electron chi connectivity index (χ1n) is 11.5. The number of aryl methyl sites for hydroxylation is 3. The van der Waals surface area contributed by atoms with Crippen LogP contribution in [0.3, 0.4) is 0 Å². The Labute approximate surface area is 213 Å². The summed E-state index contributed by atoms with van der Waals surface area (Å²) in [4.78, 5) is 26.6. The van der Waals surface area contributed by atoms with Gasteiger partial charge in [0.2, 0.25) is 5.78 Å². The second-order valence-corrected chi connectivity index (χ2v) is 9.15. The number of pyridine rings is 1. The number of fused-ring (bicyclic) bond motifs is 1. The fourth-order valence-electron chi connectivity index (χ4n) is 4.21. The van der Waals surface area contributed by atoms with Crippen LogP contribution in [0.1, 0.15) is 38.8 Å². The molecule has 7 nitrogen and oxygen atoms in total. The van der Waals surface area contributed by atoms with E-state index in [9.17, 15) is 4.79 Å². The van der Waals surface area contributed by atoms with Crippen molar-refractivity contribution in [2.45, 2.75) is 33.7 Å². The van der Waals surface area contributed by atoms with Crippen molar-refractivity contribution in [3.05, 3.63) is 99.9 Å². The number of nitrogens with zero attached hydrogens (tertiary/aromatic N) is 4. The van der Waals surface area contributed by atoms with Gasteiger partial charge in [-0.1, -0.05) is 35.0 Å². The lowest BCUT2D eigenvalue weighted by molar-refractivity contribution is 0.0983. The molecule has 36 heavy (non-hydrogen) atoms. The number of carbonyl (C=O) groups is 1. The predicted octanol–water partition coefficient (Wildman–Crippen LogP) is 6.30. The molecule has 2 aromatic carbocycles. The number of hydrogen-bond donors (Lipinski definition) is 1. The Kier molecular flexibility index (Phi) is 6.48. The summed E-state index contributed by atoms with van der Waals surface area (Å²) in [5, 5.41) is 8.92. The van der Waals surface area contributed by atoms with Gasteiger partial charge in [-0.3, -0.25) is 9.78 Å². The van der Waals surface area contributed by atoms with E-state index in [1.807, 2.05) is 69.3 Å². The van der Waals surface area contributed by atoms with E-state index in [1.54, 1.807) is 12.4 Å². The van der Waals surface area contributed by atoms with Crippen molar-refractivity contribution in [3.8, 4) is 11.1 Å². The van der Waals surface area contributed by atoms with Gasteiger partial charge >= 0.3 is 0 Å². The Bertz CT molecular complexity index is 1580. The summed E-state index contributed by atoms with van der Waals surface area (Å²) < 4.78 is 5.37. The zero-order valence-corrected chi connectivity index (χ0v) is 20.9. The summed E-state index contributed by atoms with van der Waals surface area (Å²) in [6, 6.07) is 15.4. The van der Waals surface area contributed by atoms with Crippen molar-refractivity contribution < 1.29 is 9.32 Å². The molecule has 0 atom stereocenters. The standard InChI is InChI=1S/C28H24ClN5O2/c1-16-9-10-30-15-21(16)13-25(35)28-32-24-8-7-20(26-17(2)34-36-18(26)3)12-23(24)27(33-28)31-14-19-5-4-6-22(29)11-19/h4-12,15H,13-14H2,1-3H3,(H,31,32,33). The first kappa shape index (κ1) is 23.6. The number of ketones is 1. The van der Waals surface area contributed by atoms with Crippen molar-refractivity contribution >= 4 is 34.1 Å². The lowest BCUT2D eigenvalue weighted by atomic mass is 10.0. The van der Waals surface area contributed by atoms with Gasteiger partial charge in [0.05, 0.1) is 11.2 Å². The van der Waals surface area contributed by atoms with Crippen molar-refractivity contribution in [2.24, 2.45) is 0 Å². The zero-order valence-electron chi connectivity index (χ0n) is 20.2. The number of anilines is 1. The van der Waals surface area contributed by atoms with Crippen LogP contribution in [-0.4, -0.2) is 25.9 Å². The third-order valence-electron chi connectivity index (χ3n) is 6.11. The van der Waals surface area contributed by atoms with Crippen LogP contribution >= 0.6 is 11.6 Å². The van der Waals surface area contributed by atoms with Crippen LogP contribution in [0.4, 0.5) is 5.82 Å². The number of nitrogens with one attached hydrogen (secondary N) is 1. The highest BCUT2D eigenvalue weighted by Crippen LogP contribution is 2.32. The number of carbonyl (C=O) groups excluding carboxylic acids is 1. The minimum absolute atomic E-state index is 0.157. The van der Waals surface area contributed by atoms with Crippen molar-refractivity contribution in [3.63, 3.8) is 0 Å². The second-order valence-electron chi connectivity index (χ2n) is 8.71. The Morgan fingerprint density at radius 3 is 2.67 bits per heavy atom. The Morgan fingerprint density at radius 2 is 1.92 bits per heavy atom. The lowest BCUT2D eigenvalue weighted by Gasteiger charge is -2.12. The van der Waals surface area contributed by atoms with Gasteiger partial charge in [-0.25, -0.2) is 9.97 Å². The van der Waals surface area contributed by atoms with Crippen LogP contribution in [0.25, 0.3) is 22.0 Å². The lowest BCUT2D eigenvalue weighted by Crippen LogP contribution is -2.13. The van der Waals surface area contributed by atoms with E-state index in [0.29, 0.717) is 22.9 Å². The summed E-state index contributed by atoms with van der Waals surface area (Å²) in [5.41, 5.74) is 6.20. The maximum Gasteiger partial charge on any atom is 0.204 e. The predicted molar refractivity (Wildman–Crippen MR) is 140 cm³/mol. The smallest absolute Gasteiger partial charge is 0.204 e. The van der Waals surface area contributed by atoms with E-state index < -0.39 is 0 Å². The van der Waals surface area contributed by atoms with Gasteiger partial charge in [-0.2, -0.15) is 0 Å². The summed E-state index contributed by atoms with van der Waals surface area (Å²) in [7, 11) is 0. The number of Topliss-reactive ketones (excluding diaryl/α,β-unsaturated/α-hetero) is 1. The van der Waals surface area contributed by atoms with Gasteiger partial charge in [-0.05, 0) is 73.4 Å². The average Bonchev–Trinajstić information content (AvgIpc) is 3.21. The Hall–Kier alpha value is -4.10. The molecule has 0 saturated heterocycles. The van der Waals surface area contributed by atoms with Crippen molar-refractivity contribution in [2.75, 3.05) is 5.32 Å². The van der Waals surface area contributed by atoms with Crippen LogP contribution < -0.4 is 5.32 Å². The quantitative estimate of drug-likeness (QED) is 0.264. The zero-order chi connectivity index (χ0) is 25.2. The molecule has 0 aliphatic carbocycles. The highest BCUT2D eigenvalue weighted by molar-refractivity contribution is 6.30. The third-order valence-corrected chi connectivity index (χ3v) is 6.35. The highest BCUT2D eigenvalue weighted by atomic mass is 35.5. The maximum atomic E-state index is 13.2. The van der Waals surface area contributed by atoms with E-state index in [1.165, 1.54) is 0 Å². The molecule has 180 valence electrons. The maximum absolute atomic E-state index is 13.2. The van der Waals surface area contributed by atoms with Gasteiger partial charge in [-0.15, -0.1) is 0 Å². The fraction of sp³-hybridized carbons (Fsp3) is 0.179. The summed E-state index contributed by atoms with van der Waals surface area (Å²) >= 11 is 6.17. The van der Waals surface area contributed by atoms with Crippen LogP contribution in [0, 0.1) is 20.8 Å². The second kappa shape index (κ2) is 9.87. The Morgan fingerprint density at radius 1 is 1.06 bits per heavy atom. The molecule has 1 N–H and O–H groups in total. The number of halogens is 1. The average molecular weight is 498 g/mol. The molecule has 0 radical (unpaired) electrons. The molecule has 3 heterocycles. The SMILES string of the molecule is Cc1ccncc1CC(=O)c1nc(NCc2cccc(Cl)c2)c2cc(-c3c(C)noc3C)ccc2n1. The minimum atomic E-state index is -0.173. The molecule has 0 amide bonds. The summed E-state index contributed by atoms with van der Waals surface area (Å²) in [6.07, 6.45) is 3.60. The largest absolute Gasteiger partial charge is 0.365 e. The minimum Gasteiger partial charge on any atom is -0.365 e. The molecular formula is C28H24ClN5O2. The van der Waals surface area contributed by atoms with Gasteiger partial charge in [0.15, 0.2) is 5.82 Å². The van der Waals surface area contributed by atoms with E-state index >= 15 is 0 Å². The molecule has 0 spiro atoms. The van der Waals surface area contributed by atoms with Crippen LogP contribution in [0.15, 0.2) is 65.4 Å². The molecule has 0 saturated carbocycles. The third kappa shape index (κ3) is 4.83.